The van der Waals surface area contributed by atoms with Crippen molar-refractivity contribution < 1.29 is 52.4 Å². The molecule has 0 aliphatic carbocycles. The third kappa shape index (κ3) is 11.2. The second kappa shape index (κ2) is 15.7. The third-order valence-corrected chi connectivity index (χ3v) is 6.28. The number of rotatable bonds is 15. The van der Waals surface area contributed by atoms with Crippen LogP contribution in [-0.2, 0) is 16.5 Å². The summed E-state index contributed by atoms with van der Waals surface area (Å²) in [6.07, 6.45) is 15.5. The molecule has 7 heteroatoms. The molecule has 5 nitrogen and oxygen atoms in total. The van der Waals surface area contributed by atoms with Gasteiger partial charge in [-0.1, -0.05) is 95.1 Å². The summed E-state index contributed by atoms with van der Waals surface area (Å²) in [5.41, 5.74) is 1.21. The molecule has 2 rings (SSSR count). The molecule has 0 heterocycles. The largest absolute Gasteiger partial charge is 1.00 e. The van der Waals surface area contributed by atoms with Crippen molar-refractivity contribution in [1.29, 1.82) is 0 Å². The van der Waals surface area contributed by atoms with Crippen LogP contribution in [-0.4, -0.2) is 13.0 Å². The first-order chi connectivity index (χ1) is 14.9. The Bertz CT molecular complexity index is 882. The van der Waals surface area contributed by atoms with E-state index in [0.29, 0.717) is 5.75 Å². The molecule has 0 bridgehead atoms. The summed E-state index contributed by atoms with van der Waals surface area (Å²) in [4.78, 5) is -0.366. The zero-order valence-corrected chi connectivity index (χ0v) is 22.3. The topological polar surface area (TPSA) is 86.7 Å². The molecule has 0 unspecified atom stereocenters. The summed E-state index contributed by atoms with van der Waals surface area (Å²) in [6, 6.07) is 10.6. The van der Waals surface area contributed by atoms with E-state index in [0.717, 1.165) is 31.0 Å². The van der Waals surface area contributed by atoms with Crippen LogP contribution in [0.5, 0.6) is 17.2 Å². The Morgan fingerprint density at radius 2 is 1.34 bits per heavy atom. The predicted octanol–water partition coefficient (Wildman–Crippen LogP) is 3.66. The Balaban J connectivity index is 0.00000512. The van der Waals surface area contributed by atoms with Gasteiger partial charge in [0.1, 0.15) is 11.5 Å². The molecule has 0 atom stereocenters. The summed E-state index contributed by atoms with van der Waals surface area (Å²) < 4.78 is 37.1. The molecule has 2 aromatic carbocycles. The molecule has 0 saturated heterocycles. The average molecular weight is 471 g/mol. The number of hydrogen-bond donors (Lipinski definition) is 1. The van der Waals surface area contributed by atoms with Gasteiger partial charge in [0.15, 0.2) is 0 Å². The predicted molar refractivity (Wildman–Crippen MR) is 122 cm³/mol. The molecule has 1 N–H and O–H groups in total. The molecule has 172 valence electrons. The second-order valence-electron chi connectivity index (χ2n) is 8.12. The fraction of sp³-hybridized carbons (Fsp3) is 0.520. The van der Waals surface area contributed by atoms with E-state index in [1.165, 1.54) is 69.8 Å². The van der Waals surface area contributed by atoms with Crippen LogP contribution in [0.2, 0.25) is 0 Å². The minimum absolute atomic E-state index is 0. The van der Waals surface area contributed by atoms with Gasteiger partial charge in [-0.05, 0) is 36.6 Å². The molecular weight excluding hydrogens is 435 g/mol. The molecular formula is C25H35NaO5S. The van der Waals surface area contributed by atoms with Crippen molar-refractivity contribution in [3.05, 3.63) is 48.0 Å². The van der Waals surface area contributed by atoms with E-state index in [4.69, 9.17) is 9.29 Å². The van der Waals surface area contributed by atoms with Gasteiger partial charge in [0.2, 0.25) is 0 Å². The number of hydrogen-bond acceptors (Lipinski definition) is 4. The zero-order chi connectivity index (χ0) is 22.5. The van der Waals surface area contributed by atoms with Gasteiger partial charge in [-0.3, -0.25) is 4.55 Å². The fourth-order valence-corrected chi connectivity index (χ4v) is 4.07. The summed E-state index contributed by atoms with van der Waals surface area (Å²) in [5.74, 6) is -0.127. The summed E-state index contributed by atoms with van der Waals surface area (Å²) >= 11 is 0. The molecule has 0 spiro atoms. The molecule has 2 aromatic rings. The Morgan fingerprint density at radius 1 is 0.812 bits per heavy atom. The van der Waals surface area contributed by atoms with Crippen LogP contribution in [0.4, 0.5) is 0 Å². The molecule has 0 aromatic heterocycles. The second-order valence-corrected chi connectivity index (χ2v) is 9.54. The van der Waals surface area contributed by atoms with E-state index < -0.39 is 15.9 Å². The van der Waals surface area contributed by atoms with Gasteiger partial charge < -0.3 is 9.84 Å². The molecule has 0 amide bonds. The van der Waals surface area contributed by atoms with Crippen LogP contribution in [0.1, 0.15) is 83.1 Å². The molecule has 0 fully saturated rings. The van der Waals surface area contributed by atoms with E-state index in [1.807, 2.05) is 12.1 Å². The normalized spacial score (nSPS) is 11.2. The van der Waals surface area contributed by atoms with Crippen LogP contribution < -0.4 is 39.4 Å². The molecule has 0 saturated carbocycles. The number of aryl methyl sites for hydroxylation is 1. The van der Waals surface area contributed by atoms with E-state index in [9.17, 15) is 13.5 Å². The minimum Gasteiger partial charge on any atom is -0.870 e. The van der Waals surface area contributed by atoms with E-state index in [2.05, 4.69) is 6.92 Å². The van der Waals surface area contributed by atoms with Gasteiger partial charge in [0.05, 0.1) is 4.90 Å². The SMILES string of the molecule is CCCCCCCCCCCCCc1ccc(Oc2cc(S(=O)(=O)O)ccc2[O-])cc1.[Na+]. The molecule has 0 radical (unpaired) electrons. The third-order valence-electron chi connectivity index (χ3n) is 5.43. The summed E-state index contributed by atoms with van der Waals surface area (Å²) in [7, 11) is -4.39. The Kier molecular flexibility index (Phi) is 14.2. The molecule has 32 heavy (non-hydrogen) atoms. The first-order valence-corrected chi connectivity index (χ1v) is 12.9. The van der Waals surface area contributed by atoms with Crippen LogP contribution in [0, 0.1) is 0 Å². The zero-order valence-electron chi connectivity index (χ0n) is 19.5. The summed E-state index contributed by atoms with van der Waals surface area (Å²) in [6.45, 7) is 2.25. The summed E-state index contributed by atoms with van der Waals surface area (Å²) in [5, 5.41) is 11.9. The average Bonchev–Trinajstić information content (AvgIpc) is 2.74. The van der Waals surface area contributed by atoms with Crippen LogP contribution in [0.25, 0.3) is 0 Å². The van der Waals surface area contributed by atoms with Gasteiger partial charge in [-0.2, -0.15) is 8.42 Å². The monoisotopic (exact) mass is 470 g/mol. The Morgan fingerprint density at radius 3 is 1.88 bits per heavy atom. The van der Waals surface area contributed by atoms with Crippen LogP contribution in [0.15, 0.2) is 47.4 Å². The fourth-order valence-electron chi connectivity index (χ4n) is 3.57. The van der Waals surface area contributed by atoms with Crippen molar-refractivity contribution >= 4 is 10.1 Å². The smallest absolute Gasteiger partial charge is 0.870 e. The van der Waals surface area contributed by atoms with Crippen molar-refractivity contribution in [1.82, 2.24) is 0 Å². The number of ether oxygens (including phenoxy) is 1. The molecule has 0 aliphatic heterocycles. The van der Waals surface area contributed by atoms with Crippen molar-refractivity contribution in [2.45, 2.75) is 88.9 Å². The van der Waals surface area contributed by atoms with Gasteiger partial charge in [-0.25, -0.2) is 0 Å². The van der Waals surface area contributed by atoms with Gasteiger partial charge in [0, 0.05) is 6.07 Å². The maximum Gasteiger partial charge on any atom is 1.00 e. The van der Waals surface area contributed by atoms with E-state index >= 15 is 0 Å². The molecule has 0 aliphatic rings. The van der Waals surface area contributed by atoms with Gasteiger partial charge >= 0.3 is 29.6 Å². The van der Waals surface area contributed by atoms with Crippen molar-refractivity contribution in [2.75, 3.05) is 0 Å². The number of unbranched alkanes of at least 4 members (excludes halogenated alkanes) is 10. The van der Waals surface area contributed by atoms with Crippen molar-refractivity contribution in [2.24, 2.45) is 0 Å². The number of benzene rings is 2. The van der Waals surface area contributed by atoms with Crippen LogP contribution in [0.3, 0.4) is 0 Å². The minimum atomic E-state index is -4.39. The van der Waals surface area contributed by atoms with E-state index in [1.54, 1.807) is 12.1 Å². The van der Waals surface area contributed by atoms with Gasteiger partial charge in [0.25, 0.3) is 10.1 Å². The standard InChI is InChI=1S/C25H36O5S.Na/c1-2-3-4-5-6-7-8-9-10-11-12-13-21-14-16-22(17-15-21)30-25-20-23(31(27,28)29)18-19-24(25)26;/h14-20,26H,2-13H2,1H3,(H,27,28,29);/q;+1/p-1. The Labute approximate surface area is 215 Å². The van der Waals surface area contributed by atoms with Crippen molar-refractivity contribution in [3.63, 3.8) is 0 Å². The maximum absolute atomic E-state index is 11.9. The quantitative estimate of drug-likeness (QED) is 0.244. The van der Waals surface area contributed by atoms with Crippen LogP contribution >= 0.6 is 0 Å². The first kappa shape index (κ1) is 29.0. The van der Waals surface area contributed by atoms with E-state index in [-0.39, 0.29) is 40.2 Å². The Hall–Kier alpha value is -1.05. The first-order valence-electron chi connectivity index (χ1n) is 11.5. The van der Waals surface area contributed by atoms with Gasteiger partial charge in [-0.15, -0.1) is 0 Å². The van der Waals surface area contributed by atoms with Crippen molar-refractivity contribution in [3.8, 4) is 17.2 Å². The maximum atomic E-state index is 11.9.